The smallest absolute Gasteiger partial charge is 0.251 e. The van der Waals surface area contributed by atoms with E-state index >= 15 is 0 Å². The van der Waals surface area contributed by atoms with Crippen molar-refractivity contribution in [2.24, 2.45) is 0 Å². The van der Waals surface area contributed by atoms with E-state index in [4.69, 9.17) is 9.47 Å². The van der Waals surface area contributed by atoms with Gasteiger partial charge in [-0.05, 0) is 42.8 Å². The monoisotopic (exact) mass is 478 g/mol. The van der Waals surface area contributed by atoms with Gasteiger partial charge >= 0.3 is 0 Å². The molecular formula is C26H24F2N4O3. The maximum Gasteiger partial charge on any atom is 0.251 e. The second-order valence-corrected chi connectivity index (χ2v) is 7.85. The van der Waals surface area contributed by atoms with Gasteiger partial charge in [0.25, 0.3) is 5.91 Å². The van der Waals surface area contributed by atoms with Crippen LogP contribution in [0.5, 0.6) is 11.5 Å². The largest absolute Gasteiger partial charge is 0.457 e. The summed E-state index contributed by atoms with van der Waals surface area (Å²) in [6.07, 6.45) is 5.25. The number of rotatable bonds is 9. The third-order valence-corrected chi connectivity index (χ3v) is 5.32. The van der Waals surface area contributed by atoms with Crippen LogP contribution in [0.3, 0.4) is 0 Å². The molecule has 0 atom stereocenters. The normalized spacial score (nSPS) is 10.9. The van der Waals surface area contributed by atoms with Gasteiger partial charge in [-0.25, -0.2) is 8.78 Å². The third-order valence-electron chi connectivity index (χ3n) is 5.32. The van der Waals surface area contributed by atoms with Crippen LogP contribution in [0.1, 0.15) is 21.5 Å². The lowest BCUT2D eigenvalue weighted by Gasteiger charge is -2.13. The molecule has 9 heteroatoms. The molecule has 0 aliphatic rings. The van der Waals surface area contributed by atoms with Gasteiger partial charge in [0.1, 0.15) is 23.1 Å². The summed E-state index contributed by atoms with van der Waals surface area (Å²) >= 11 is 0. The van der Waals surface area contributed by atoms with Gasteiger partial charge in [-0.1, -0.05) is 6.07 Å². The van der Waals surface area contributed by atoms with Crippen molar-refractivity contribution < 1.29 is 23.0 Å². The van der Waals surface area contributed by atoms with Crippen molar-refractivity contribution in [3.8, 4) is 22.8 Å². The minimum absolute atomic E-state index is 0.0101. The Hall–Kier alpha value is -4.11. The van der Waals surface area contributed by atoms with Gasteiger partial charge in [0.2, 0.25) is 0 Å². The van der Waals surface area contributed by atoms with Crippen LogP contribution in [-0.4, -0.2) is 34.4 Å². The van der Waals surface area contributed by atoms with Crippen molar-refractivity contribution in [3.05, 3.63) is 95.4 Å². The first-order valence-corrected chi connectivity index (χ1v) is 10.9. The average molecular weight is 478 g/mol. The summed E-state index contributed by atoms with van der Waals surface area (Å²) in [5.74, 6) is -0.714. The minimum Gasteiger partial charge on any atom is -0.457 e. The Morgan fingerprint density at radius 2 is 1.91 bits per heavy atom. The van der Waals surface area contributed by atoms with Crippen LogP contribution >= 0.6 is 0 Å². The highest BCUT2D eigenvalue weighted by molar-refractivity contribution is 5.96. The fraction of sp³-hybridized carbons (Fsp3) is 0.192. The number of ether oxygens (including phenoxy) is 2. The topological polar surface area (TPSA) is 78.3 Å². The van der Waals surface area contributed by atoms with Crippen molar-refractivity contribution in [2.45, 2.75) is 20.0 Å². The van der Waals surface area contributed by atoms with E-state index in [-0.39, 0.29) is 12.5 Å². The van der Waals surface area contributed by atoms with Crippen LogP contribution in [0.15, 0.2) is 67.1 Å². The Labute approximate surface area is 201 Å². The Morgan fingerprint density at radius 1 is 1.11 bits per heavy atom. The summed E-state index contributed by atoms with van der Waals surface area (Å²) in [5.41, 5.74) is 2.88. The summed E-state index contributed by atoms with van der Waals surface area (Å²) in [4.78, 5) is 17.1. The number of carbonyl (C=O) groups is 1. The number of hydrogen-bond acceptors (Lipinski definition) is 5. The number of hydrogen-bond donors (Lipinski definition) is 1. The predicted molar refractivity (Wildman–Crippen MR) is 126 cm³/mol. The van der Waals surface area contributed by atoms with E-state index < -0.39 is 11.6 Å². The minimum atomic E-state index is -0.695. The molecule has 0 bridgehead atoms. The number of aromatic nitrogens is 3. The Bertz CT molecular complexity index is 1320. The van der Waals surface area contributed by atoms with E-state index in [1.807, 2.05) is 6.20 Å². The standard InChI is InChI=1S/C26H24F2N4O3/c1-17-23(26(33)30-14-18-10-20(27)12-21(28)11-18)4-3-5-25(17)35-22-6-7-29-24(13-22)19-15-31-32(16-19)8-9-34-2/h3-7,10-13,15-16H,8-9,14H2,1-2H3,(H,30,33). The second-order valence-electron chi connectivity index (χ2n) is 7.85. The van der Waals surface area contributed by atoms with Gasteiger partial charge in [-0.3, -0.25) is 14.5 Å². The molecule has 0 saturated heterocycles. The molecule has 0 saturated carbocycles. The SMILES string of the molecule is COCCn1cc(-c2cc(Oc3cccc(C(=O)NCc4cc(F)cc(F)c4)c3C)ccn2)cn1. The number of methoxy groups -OCH3 is 1. The van der Waals surface area contributed by atoms with Gasteiger partial charge < -0.3 is 14.8 Å². The van der Waals surface area contributed by atoms with Gasteiger partial charge in [-0.15, -0.1) is 0 Å². The van der Waals surface area contributed by atoms with Crippen molar-refractivity contribution in [3.63, 3.8) is 0 Å². The molecule has 0 radical (unpaired) electrons. The highest BCUT2D eigenvalue weighted by Gasteiger charge is 2.14. The molecule has 2 aromatic carbocycles. The molecule has 1 N–H and O–H groups in total. The van der Waals surface area contributed by atoms with Crippen LogP contribution in [0.4, 0.5) is 8.78 Å². The highest BCUT2D eigenvalue weighted by atomic mass is 19.1. The lowest BCUT2D eigenvalue weighted by molar-refractivity contribution is 0.0949. The highest BCUT2D eigenvalue weighted by Crippen LogP contribution is 2.29. The molecule has 0 unspecified atom stereocenters. The number of benzene rings is 2. The van der Waals surface area contributed by atoms with Gasteiger partial charge in [-0.2, -0.15) is 5.10 Å². The molecule has 4 rings (SSSR count). The average Bonchev–Trinajstić information content (AvgIpc) is 3.31. The summed E-state index contributed by atoms with van der Waals surface area (Å²) in [6, 6.07) is 11.8. The molecule has 7 nitrogen and oxygen atoms in total. The second kappa shape index (κ2) is 10.9. The molecule has 2 heterocycles. The lowest BCUT2D eigenvalue weighted by atomic mass is 10.1. The number of halogens is 2. The maximum atomic E-state index is 13.4. The predicted octanol–water partition coefficient (Wildman–Crippen LogP) is 4.90. The number of nitrogens with zero attached hydrogens (tertiary/aromatic N) is 3. The van der Waals surface area contributed by atoms with Gasteiger partial charge in [0, 0.05) is 54.9 Å². The number of carbonyl (C=O) groups excluding carboxylic acids is 1. The van der Waals surface area contributed by atoms with E-state index in [9.17, 15) is 13.6 Å². The first-order chi connectivity index (χ1) is 16.9. The van der Waals surface area contributed by atoms with E-state index in [0.29, 0.717) is 47.0 Å². The fourth-order valence-electron chi connectivity index (χ4n) is 3.52. The Balaban J connectivity index is 1.47. The molecule has 0 aliphatic carbocycles. The molecule has 1 amide bonds. The summed E-state index contributed by atoms with van der Waals surface area (Å²) < 4.78 is 39.7. The van der Waals surface area contributed by atoms with Crippen LogP contribution in [0.2, 0.25) is 0 Å². The van der Waals surface area contributed by atoms with Crippen molar-refractivity contribution >= 4 is 5.91 Å². The molecule has 4 aromatic rings. The number of pyridine rings is 1. The maximum absolute atomic E-state index is 13.4. The van der Waals surface area contributed by atoms with E-state index in [0.717, 1.165) is 11.6 Å². The molecule has 0 aliphatic heterocycles. The van der Waals surface area contributed by atoms with Crippen LogP contribution < -0.4 is 10.1 Å². The lowest BCUT2D eigenvalue weighted by Crippen LogP contribution is -2.23. The van der Waals surface area contributed by atoms with Crippen LogP contribution in [0, 0.1) is 18.6 Å². The quantitative estimate of drug-likeness (QED) is 0.370. The van der Waals surface area contributed by atoms with Crippen molar-refractivity contribution in [1.82, 2.24) is 20.1 Å². The summed E-state index contributed by atoms with van der Waals surface area (Å²) in [6.45, 7) is 2.95. The molecule has 0 fully saturated rings. The zero-order valence-electron chi connectivity index (χ0n) is 19.3. The Morgan fingerprint density at radius 3 is 2.69 bits per heavy atom. The zero-order valence-corrected chi connectivity index (χ0v) is 19.3. The van der Waals surface area contributed by atoms with Crippen molar-refractivity contribution in [1.29, 1.82) is 0 Å². The molecule has 0 spiro atoms. The molecular weight excluding hydrogens is 454 g/mol. The zero-order chi connectivity index (χ0) is 24.8. The third kappa shape index (κ3) is 6.07. The fourth-order valence-corrected chi connectivity index (χ4v) is 3.52. The van der Waals surface area contributed by atoms with Gasteiger partial charge in [0.15, 0.2) is 0 Å². The number of nitrogens with one attached hydrogen (secondary N) is 1. The Kier molecular flexibility index (Phi) is 7.47. The van der Waals surface area contributed by atoms with E-state index in [1.54, 1.807) is 61.4 Å². The first-order valence-electron chi connectivity index (χ1n) is 10.9. The van der Waals surface area contributed by atoms with E-state index in [2.05, 4.69) is 15.4 Å². The first kappa shape index (κ1) is 24.0. The summed E-state index contributed by atoms with van der Waals surface area (Å²) in [5, 5.41) is 7.00. The van der Waals surface area contributed by atoms with Crippen LogP contribution in [-0.2, 0) is 17.8 Å². The van der Waals surface area contributed by atoms with E-state index in [1.165, 1.54) is 12.1 Å². The molecule has 35 heavy (non-hydrogen) atoms. The van der Waals surface area contributed by atoms with Crippen LogP contribution in [0.25, 0.3) is 11.3 Å². The van der Waals surface area contributed by atoms with Crippen molar-refractivity contribution in [2.75, 3.05) is 13.7 Å². The number of amides is 1. The summed E-state index contributed by atoms with van der Waals surface area (Å²) in [7, 11) is 1.64. The molecule has 180 valence electrons. The molecule has 2 aromatic heterocycles. The van der Waals surface area contributed by atoms with Gasteiger partial charge in [0.05, 0.1) is 25.0 Å².